The fraction of sp³-hybridized carbons (Fsp3) is 0.444. The van der Waals surface area contributed by atoms with Crippen molar-refractivity contribution in [1.82, 2.24) is 19.4 Å². The molecule has 2 atom stereocenters. The summed E-state index contributed by atoms with van der Waals surface area (Å²) in [5, 5.41) is 0. The van der Waals surface area contributed by atoms with Gasteiger partial charge < -0.3 is 10.3 Å². The molecular weight excluding hydrogens is 302 g/mol. The van der Waals surface area contributed by atoms with Gasteiger partial charge in [-0.2, -0.15) is 0 Å². The average molecular weight is 327 g/mol. The number of hydrogen-bond donors (Lipinski definition) is 1. The molecule has 0 spiro atoms. The van der Waals surface area contributed by atoms with Gasteiger partial charge in [-0.1, -0.05) is 30.3 Å². The van der Waals surface area contributed by atoms with Crippen molar-refractivity contribution in [3.05, 3.63) is 54.1 Å². The average Bonchev–Trinajstić information content (AvgIpc) is 2.96. The topological polar surface area (TPSA) is 67.4 Å². The maximum absolute atomic E-state index is 12.0. The highest BCUT2D eigenvalue weighted by atomic mass is 16.1. The summed E-state index contributed by atoms with van der Waals surface area (Å²) >= 11 is 0. The third-order valence-electron chi connectivity index (χ3n) is 4.81. The minimum atomic E-state index is -0.357. The Bertz CT molecular complexity index is 684. The van der Waals surface area contributed by atoms with Crippen LogP contribution in [0.2, 0.25) is 0 Å². The fourth-order valence-electron chi connectivity index (χ4n) is 3.41. The summed E-state index contributed by atoms with van der Waals surface area (Å²) in [7, 11) is 2.02. The van der Waals surface area contributed by atoms with E-state index in [2.05, 4.69) is 26.3 Å². The summed E-state index contributed by atoms with van der Waals surface area (Å²) in [6.07, 6.45) is 3.80. The first-order valence-electron chi connectivity index (χ1n) is 8.35. The Labute approximate surface area is 142 Å². The van der Waals surface area contributed by atoms with Gasteiger partial charge in [0.15, 0.2) is 0 Å². The first-order valence-corrected chi connectivity index (χ1v) is 8.35. The minimum absolute atomic E-state index is 0.286. The summed E-state index contributed by atoms with van der Waals surface area (Å²) in [5.41, 5.74) is 6.67. The zero-order chi connectivity index (χ0) is 17.1. The normalized spacial score (nSPS) is 20.8. The lowest BCUT2D eigenvalue weighted by Crippen LogP contribution is -2.54. The van der Waals surface area contributed by atoms with Gasteiger partial charge in [0.1, 0.15) is 11.9 Å². The van der Waals surface area contributed by atoms with Crippen LogP contribution in [0.1, 0.15) is 24.4 Å². The standard InChI is InChI=1S/C18H25N5O/c1-14-12-23(17(18(19)24)15-6-4-3-5-7-15)11-10-22(14)13-16-20-8-9-21(16)2/h3-9,14,17H,10-13H2,1-2H3,(H2,19,24)/t14-,17+/m1/s1. The van der Waals surface area contributed by atoms with E-state index in [1.807, 2.05) is 49.8 Å². The van der Waals surface area contributed by atoms with Gasteiger partial charge in [-0.15, -0.1) is 0 Å². The van der Waals surface area contributed by atoms with Crippen molar-refractivity contribution in [2.45, 2.75) is 25.6 Å². The Morgan fingerprint density at radius 1 is 1.33 bits per heavy atom. The molecule has 2 N–H and O–H groups in total. The number of hydrogen-bond acceptors (Lipinski definition) is 4. The predicted molar refractivity (Wildman–Crippen MR) is 93.0 cm³/mol. The molecule has 2 aromatic rings. The lowest BCUT2D eigenvalue weighted by Gasteiger charge is -2.42. The van der Waals surface area contributed by atoms with Crippen LogP contribution in [0.4, 0.5) is 0 Å². The number of imidazole rings is 1. The number of carbonyl (C=O) groups excluding carboxylic acids is 1. The zero-order valence-electron chi connectivity index (χ0n) is 14.3. The highest BCUT2D eigenvalue weighted by Gasteiger charge is 2.32. The van der Waals surface area contributed by atoms with Crippen LogP contribution >= 0.6 is 0 Å². The van der Waals surface area contributed by atoms with E-state index in [4.69, 9.17) is 5.73 Å². The lowest BCUT2D eigenvalue weighted by molar-refractivity contribution is -0.124. The molecule has 0 radical (unpaired) electrons. The highest BCUT2D eigenvalue weighted by Crippen LogP contribution is 2.24. The van der Waals surface area contributed by atoms with E-state index in [0.29, 0.717) is 6.04 Å². The number of piperazine rings is 1. The molecule has 0 aliphatic carbocycles. The number of primary amides is 1. The monoisotopic (exact) mass is 327 g/mol. The van der Waals surface area contributed by atoms with E-state index in [1.54, 1.807) is 0 Å². The van der Waals surface area contributed by atoms with E-state index in [1.165, 1.54) is 0 Å². The van der Waals surface area contributed by atoms with Crippen LogP contribution in [0.15, 0.2) is 42.7 Å². The second-order valence-corrected chi connectivity index (χ2v) is 6.48. The molecule has 3 rings (SSSR count). The number of rotatable bonds is 5. The quantitative estimate of drug-likeness (QED) is 0.895. The van der Waals surface area contributed by atoms with Gasteiger partial charge >= 0.3 is 0 Å². The van der Waals surface area contributed by atoms with Crippen molar-refractivity contribution in [2.24, 2.45) is 12.8 Å². The summed E-state index contributed by atoms with van der Waals surface area (Å²) in [5.74, 6) is 0.774. The molecule has 6 nitrogen and oxygen atoms in total. The Kier molecular flexibility index (Phi) is 4.97. The zero-order valence-corrected chi connectivity index (χ0v) is 14.3. The summed E-state index contributed by atoms with van der Waals surface area (Å²) in [4.78, 5) is 21.0. The van der Waals surface area contributed by atoms with Crippen molar-refractivity contribution in [3.63, 3.8) is 0 Å². The van der Waals surface area contributed by atoms with Crippen molar-refractivity contribution in [3.8, 4) is 0 Å². The van der Waals surface area contributed by atoms with E-state index in [0.717, 1.165) is 37.6 Å². The van der Waals surface area contributed by atoms with E-state index in [9.17, 15) is 4.79 Å². The van der Waals surface area contributed by atoms with Gasteiger partial charge in [-0.05, 0) is 12.5 Å². The maximum atomic E-state index is 12.0. The van der Waals surface area contributed by atoms with Crippen LogP contribution in [0, 0.1) is 0 Å². The first kappa shape index (κ1) is 16.7. The molecule has 2 heterocycles. The van der Waals surface area contributed by atoms with Crippen LogP contribution in [0.3, 0.4) is 0 Å². The number of aromatic nitrogens is 2. The molecule has 1 aliphatic rings. The lowest BCUT2D eigenvalue weighted by atomic mass is 10.0. The largest absolute Gasteiger partial charge is 0.368 e. The van der Waals surface area contributed by atoms with Gasteiger partial charge in [0.05, 0.1) is 6.54 Å². The molecule has 1 fully saturated rings. The third kappa shape index (κ3) is 3.49. The molecule has 128 valence electrons. The molecule has 0 bridgehead atoms. The number of nitrogens with zero attached hydrogens (tertiary/aromatic N) is 4. The molecule has 0 saturated carbocycles. The summed E-state index contributed by atoms with van der Waals surface area (Å²) in [6, 6.07) is 9.78. The molecule has 1 saturated heterocycles. The van der Waals surface area contributed by atoms with Gasteiger partial charge in [0.2, 0.25) is 5.91 Å². The number of benzene rings is 1. The Hall–Kier alpha value is -2.18. The van der Waals surface area contributed by atoms with E-state index < -0.39 is 0 Å². The predicted octanol–water partition coefficient (Wildman–Crippen LogP) is 1.15. The molecule has 6 heteroatoms. The second-order valence-electron chi connectivity index (χ2n) is 6.48. The van der Waals surface area contributed by atoms with Crippen LogP contribution in [0.25, 0.3) is 0 Å². The van der Waals surface area contributed by atoms with Gasteiger partial charge in [-0.25, -0.2) is 4.98 Å². The van der Waals surface area contributed by atoms with E-state index >= 15 is 0 Å². The van der Waals surface area contributed by atoms with Crippen LogP contribution in [0.5, 0.6) is 0 Å². The Morgan fingerprint density at radius 3 is 2.67 bits per heavy atom. The minimum Gasteiger partial charge on any atom is -0.368 e. The highest BCUT2D eigenvalue weighted by molar-refractivity contribution is 5.81. The summed E-state index contributed by atoms with van der Waals surface area (Å²) < 4.78 is 2.05. The van der Waals surface area contributed by atoms with Gasteiger partial charge in [0, 0.05) is 45.1 Å². The van der Waals surface area contributed by atoms with Crippen molar-refractivity contribution in [1.29, 1.82) is 0 Å². The van der Waals surface area contributed by atoms with Crippen molar-refractivity contribution in [2.75, 3.05) is 19.6 Å². The Balaban J connectivity index is 1.69. The number of nitrogens with two attached hydrogens (primary N) is 1. The molecule has 1 aromatic heterocycles. The van der Waals surface area contributed by atoms with Crippen LogP contribution in [-0.4, -0.2) is 50.9 Å². The van der Waals surface area contributed by atoms with Crippen molar-refractivity contribution >= 4 is 5.91 Å². The summed E-state index contributed by atoms with van der Waals surface area (Å²) in [6.45, 7) is 5.54. The van der Waals surface area contributed by atoms with Gasteiger partial charge in [0.25, 0.3) is 0 Å². The van der Waals surface area contributed by atoms with Gasteiger partial charge in [-0.3, -0.25) is 14.6 Å². The molecule has 1 aliphatic heterocycles. The Morgan fingerprint density at radius 2 is 2.08 bits per heavy atom. The molecule has 0 unspecified atom stereocenters. The number of carbonyl (C=O) groups is 1. The van der Waals surface area contributed by atoms with Crippen LogP contribution < -0.4 is 5.73 Å². The first-order chi connectivity index (χ1) is 11.6. The maximum Gasteiger partial charge on any atom is 0.239 e. The molecule has 1 amide bonds. The SMILES string of the molecule is C[C@@H]1CN([C@H](C(N)=O)c2ccccc2)CCN1Cc1nccn1C. The fourth-order valence-corrected chi connectivity index (χ4v) is 3.41. The smallest absolute Gasteiger partial charge is 0.239 e. The molecule has 1 aromatic carbocycles. The number of aryl methyl sites for hydroxylation is 1. The van der Waals surface area contributed by atoms with E-state index in [-0.39, 0.29) is 11.9 Å². The van der Waals surface area contributed by atoms with Crippen LogP contribution in [-0.2, 0) is 18.4 Å². The number of amides is 1. The molecule has 24 heavy (non-hydrogen) atoms. The molecular formula is C18H25N5O. The second kappa shape index (κ2) is 7.15. The third-order valence-corrected chi connectivity index (χ3v) is 4.81. The van der Waals surface area contributed by atoms with Crippen molar-refractivity contribution < 1.29 is 4.79 Å².